The minimum absolute atomic E-state index is 0.0315. The van der Waals surface area contributed by atoms with Crippen molar-refractivity contribution in [3.05, 3.63) is 29.8 Å². The first-order valence-electron chi connectivity index (χ1n) is 8.08. The van der Waals surface area contributed by atoms with Gasteiger partial charge in [-0.25, -0.2) is 0 Å². The van der Waals surface area contributed by atoms with Crippen molar-refractivity contribution in [1.82, 2.24) is 5.32 Å². The van der Waals surface area contributed by atoms with Crippen LogP contribution in [0, 0.1) is 5.92 Å². The summed E-state index contributed by atoms with van der Waals surface area (Å²) in [5.41, 5.74) is 1.25. The van der Waals surface area contributed by atoms with Crippen molar-refractivity contribution in [2.45, 2.75) is 58.9 Å². The second-order valence-electron chi connectivity index (χ2n) is 5.73. The van der Waals surface area contributed by atoms with E-state index in [2.05, 4.69) is 26.1 Å². The van der Waals surface area contributed by atoms with Gasteiger partial charge < -0.3 is 10.1 Å². The number of hydrogen-bond acceptors (Lipinski definition) is 3. The quantitative estimate of drug-likeness (QED) is 0.553. The third-order valence-corrected chi connectivity index (χ3v) is 3.78. The van der Waals surface area contributed by atoms with Crippen LogP contribution in [0.1, 0.15) is 52.0 Å². The van der Waals surface area contributed by atoms with Crippen LogP contribution in [-0.2, 0) is 11.2 Å². The molecule has 0 aliphatic rings. The molecule has 0 heterocycles. The van der Waals surface area contributed by atoms with Crippen LogP contribution < -0.4 is 10.1 Å². The van der Waals surface area contributed by atoms with Crippen LogP contribution in [0.15, 0.2) is 24.3 Å². The highest BCUT2D eigenvalue weighted by atomic mass is 16.5. The van der Waals surface area contributed by atoms with E-state index in [-0.39, 0.29) is 11.9 Å². The topological polar surface area (TPSA) is 38.3 Å². The van der Waals surface area contributed by atoms with Crippen molar-refractivity contribution in [2.24, 2.45) is 5.92 Å². The molecule has 0 amide bonds. The maximum absolute atomic E-state index is 12.2. The van der Waals surface area contributed by atoms with Gasteiger partial charge >= 0.3 is 5.97 Å². The molecule has 0 fully saturated rings. The van der Waals surface area contributed by atoms with Gasteiger partial charge in [-0.15, -0.1) is 0 Å². The van der Waals surface area contributed by atoms with Gasteiger partial charge in [0.15, 0.2) is 0 Å². The van der Waals surface area contributed by atoms with E-state index in [0.29, 0.717) is 11.8 Å². The number of nitrogens with one attached hydrogen (secondary N) is 1. The van der Waals surface area contributed by atoms with Crippen molar-refractivity contribution in [3.63, 3.8) is 0 Å². The maximum Gasteiger partial charge on any atom is 0.314 e. The summed E-state index contributed by atoms with van der Waals surface area (Å²) in [5, 5.41) is 3.22. The highest BCUT2D eigenvalue weighted by molar-refractivity contribution is 5.75. The van der Waals surface area contributed by atoms with E-state index < -0.39 is 0 Å². The molecule has 0 aliphatic heterocycles. The van der Waals surface area contributed by atoms with Gasteiger partial charge in [-0.3, -0.25) is 4.79 Å². The highest BCUT2D eigenvalue weighted by Gasteiger charge is 2.18. The molecule has 0 aromatic heterocycles. The van der Waals surface area contributed by atoms with Gasteiger partial charge in [0.25, 0.3) is 0 Å². The third-order valence-electron chi connectivity index (χ3n) is 3.78. The first-order chi connectivity index (χ1) is 10.1. The molecule has 1 aromatic carbocycles. The maximum atomic E-state index is 12.2. The van der Waals surface area contributed by atoms with E-state index in [1.807, 2.05) is 31.3 Å². The Hall–Kier alpha value is -1.35. The fraction of sp³-hybridized carbons (Fsp3) is 0.611. The Kier molecular flexibility index (Phi) is 8.06. The van der Waals surface area contributed by atoms with E-state index in [4.69, 9.17) is 4.74 Å². The monoisotopic (exact) mass is 291 g/mol. The van der Waals surface area contributed by atoms with Crippen LogP contribution in [0.4, 0.5) is 0 Å². The molecule has 21 heavy (non-hydrogen) atoms. The van der Waals surface area contributed by atoms with Crippen molar-refractivity contribution in [1.29, 1.82) is 0 Å². The molecule has 0 saturated carbocycles. The number of rotatable bonds is 9. The first-order valence-corrected chi connectivity index (χ1v) is 8.08. The number of hydrogen-bond donors (Lipinski definition) is 1. The molecule has 0 spiro atoms. The fourth-order valence-electron chi connectivity index (χ4n) is 2.43. The number of ether oxygens (including phenoxy) is 1. The van der Waals surface area contributed by atoms with Crippen LogP contribution in [0.5, 0.6) is 5.75 Å². The number of benzene rings is 1. The molecule has 1 atom stereocenters. The Morgan fingerprint density at radius 1 is 1.14 bits per heavy atom. The number of carbonyl (C=O) groups is 1. The Labute approximate surface area is 129 Å². The van der Waals surface area contributed by atoms with Crippen molar-refractivity contribution in [3.8, 4) is 5.75 Å². The standard InChI is InChI=1S/C18H29NO2/c1-5-7-16(8-6-2)18(20)21-17-11-9-15(10-12-17)13-14(3)19-4/h9-12,14,16,19H,5-8,13H2,1-4H3. The lowest BCUT2D eigenvalue weighted by Crippen LogP contribution is -2.23. The largest absolute Gasteiger partial charge is 0.426 e. The van der Waals surface area contributed by atoms with E-state index in [1.54, 1.807) is 0 Å². The second-order valence-corrected chi connectivity index (χ2v) is 5.73. The molecule has 0 radical (unpaired) electrons. The molecular formula is C18H29NO2. The molecule has 0 saturated heterocycles. The third kappa shape index (κ3) is 6.30. The second kappa shape index (κ2) is 9.56. The minimum Gasteiger partial charge on any atom is -0.426 e. The van der Waals surface area contributed by atoms with Crippen LogP contribution in [0.25, 0.3) is 0 Å². The normalized spacial score (nSPS) is 12.4. The predicted molar refractivity (Wildman–Crippen MR) is 87.6 cm³/mol. The van der Waals surface area contributed by atoms with Gasteiger partial charge in [-0.2, -0.15) is 0 Å². The summed E-state index contributed by atoms with van der Waals surface area (Å²) < 4.78 is 5.51. The molecule has 1 rings (SSSR count). The molecule has 3 heteroatoms. The van der Waals surface area contributed by atoms with Gasteiger partial charge in [-0.05, 0) is 50.9 Å². The Balaban J connectivity index is 2.59. The number of likely N-dealkylation sites (N-methyl/N-ethyl adjacent to an activating group) is 1. The molecule has 1 N–H and O–H groups in total. The fourth-order valence-corrected chi connectivity index (χ4v) is 2.43. The lowest BCUT2D eigenvalue weighted by molar-refractivity contribution is -0.139. The Morgan fingerprint density at radius 3 is 2.19 bits per heavy atom. The van der Waals surface area contributed by atoms with Crippen LogP contribution >= 0.6 is 0 Å². The zero-order valence-corrected chi connectivity index (χ0v) is 13.8. The average Bonchev–Trinajstić information content (AvgIpc) is 2.48. The van der Waals surface area contributed by atoms with Crippen LogP contribution in [0.3, 0.4) is 0 Å². The Morgan fingerprint density at radius 2 is 1.71 bits per heavy atom. The van der Waals surface area contributed by atoms with Gasteiger partial charge in [0, 0.05) is 6.04 Å². The van der Waals surface area contributed by atoms with Crippen molar-refractivity contribution in [2.75, 3.05) is 7.05 Å². The van der Waals surface area contributed by atoms with E-state index in [0.717, 1.165) is 32.1 Å². The van der Waals surface area contributed by atoms with Crippen LogP contribution in [-0.4, -0.2) is 19.1 Å². The molecule has 118 valence electrons. The molecule has 1 unspecified atom stereocenters. The molecule has 0 aliphatic carbocycles. The smallest absolute Gasteiger partial charge is 0.314 e. The highest BCUT2D eigenvalue weighted by Crippen LogP contribution is 2.19. The lowest BCUT2D eigenvalue weighted by Gasteiger charge is -2.14. The summed E-state index contributed by atoms with van der Waals surface area (Å²) in [6.45, 7) is 6.36. The van der Waals surface area contributed by atoms with Crippen molar-refractivity contribution < 1.29 is 9.53 Å². The minimum atomic E-state index is -0.0879. The summed E-state index contributed by atoms with van der Waals surface area (Å²) in [6, 6.07) is 8.29. The zero-order valence-electron chi connectivity index (χ0n) is 13.8. The average molecular weight is 291 g/mol. The molecular weight excluding hydrogens is 262 g/mol. The number of carbonyl (C=O) groups excluding carboxylic acids is 1. The zero-order chi connectivity index (χ0) is 15.7. The van der Waals surface area contributed by atoms with Gasteiger partial charge in [0.05, 0.1) is 5.92 Å². The lowest BCUT2D eigenvalue weighted by atomic mass is 9.98. The van der Waals surface area contributed by atoms with E-state index in [1.165, 1.54) is 5.56 Å². The summed E-state index contributed by atoms with van der Waals surface area (Å²) in [5.74, 6) is 0.595. The van der Waals surface area contributed by atoms with E-state index >= 15 is 0 Å². The van der Waals surface area contributed by atoms with Gasteiger partial charge in [-0.1, -0.05) is 38.8 Å². The molecule has 3 nitrogen and oxygen atoms in total. The summed E-state index contributed by atoms with van der Waals surface area (Å²) in [4.78, 5) is 12.2. The summed E-state index contributed by atoms with van der Waals surface area (Å²) >= 11 is 0. The SMILES string of the molecule is CCCC(CCC)C(=O)Oc1ccc(CC(C)NC)cc1. The van der Waals surface area contributed by atoms with E-state index in [9.17, 15) is 4.79 Å². The van der Waals surface area contributed by atoms with Gasteiger partial charge in [0.1, 0.15) is 5.75 Å². The first kappa shape index (κ1) is 17.7. The molecule has 1 aromatic rings. The van der Waals surface area contributed by atoms with Gasteiger partial charge in [0.2, 0.25) is 0 Å². The predicted octanol–water partition coefficient (Wildman–Crippen LogP) is 3.96. The molecule has 0 bridgehead atoms. The summed E-state index contributed by atoms with van der Waals surface area (Å²) in [6.07, 6.45) is 4.81. The Bertz CT molecular complexity index is 408. The van der Waals surface area contributed by atoms with Crippen molar-refractivity contribution >= 4 is 5.97 Å². The summed E-state index contributed by atoms with van der Waals surface area (Å²) in [7, 11) is 1.96. The van der Waals surface area contributed by atoms with Crippen LogP contribution in [0.2, 0.25) is 0 Å². The number of esters is 1.